The number of rotatable bonds is 3. The van der Waals surface area contributed by atoms with E-state index in [-0.39, 0.29) is 17.6 Å². The monoisotopic (exact) mass is 397 g/mol. The smallest absolute Gasteiger partial charge is 0.257 e. The number of hydrogen-bond acceptors (Lipinski definition) is 3. The Hall–Kier alpha value is -2.99. The molecule has 1 aromatic heterocycles. The molecule has 4 rings (SSSR count). The molecule has 0 atom stereocenters. The third-order valence-corrected chi connectivity index (χ3v) is 5.09. The number of nitrogens with one attached hydrogen (secondary N) is 1. The number of nitrogens with zero attached hydrogens (tertiary/aromatic N) is 2. The fraction of sp³-hybridized carbons (Fsp3) is 0.190. The largest absolute Gasteiger partial charge is 0.322 e. The van der Waals surface area contributed by atoms with Crippen molar-refractivity contribution in [3.8, 4) is 0 Å². The van der Waals surface area contributed by atoms with Gasteiger partial charge in [0.25, 0.3) is 5.91 Å². The van der Waals surface area contributed by atoms with Gasteiger partial charge in [0.15, 0.2) is 0 Å². The predicted molar refractivity (Wildman–Crippen MR) is 107 cm³/mol. The lowest BCUT2D eigenvalue weighted by molar-refractivity contribution is -0.117. The molecule has 0 radical (unpaired) electrons. The second kappa shape index (κ2) is 7.20. The van der Waals surface area contributed by atoms with Gasteiger partial charge in [0.05, 0.1) is 27.5 Å². The quantitative estimate of drug-likeness (QED) is 0.695. The summed E-state index contributed by atoms with van der Waals surface area (Å²) < 4.78 is 13.4. The van der Waals surface area contributed by atoms with Crippen molar-refractivity contribution in [2.24, 2.45) is 0 Å². The molecule has 3 aromatic rings. The minimum Gasteiger partial charge on any atom is -0.322 e. The van der Waals surface area contributed by atoms with Crippen LogP contribution < -0.4 is 10.2 Å². The van der Waals surface area contributed by atoms with E-state index in [1.807, 2.05) is 0 Å². The van der Waals surface area contributed by atoms with E-state index >= 15 is 0 Å². The van der Waals surface area contributed by atoms with Crippen LogP contribution in [0.25, 0.3) is 10.9 Å². The van der Waals surface area contributed by atoms with Gasteiger partial charge in [-0.05, 0) is 49.7 Å². The first kappa shape index (κ1) is 18.4. The molecule has 2 heterocycles. The molecule has 0 aliphatic carbocycles. The minimum atomic E-state index is -0.372. The van der Waals surface area contributed by atoms with Crippen LogP contribution in [0, 0.1) is 12.7 Å². The summed E-state index contributed by atoms with van der Waals surface area (Å²) in [7, 11) is 0. The van der Waals surface area contributed by atoms with Crippen LogP contribution in [0.4, 0.5) is 15.8 Å². The first-order valence-corrected chi connectivity index (χ1v) is 9.28. The number of anilines is 2. The number of fused-ring (bicyclic) bond motifs is 1. The third-order valence-electron chi connectivity index (χ3n) is 4.78. The highest BCUT2D eigenvalue weighted by atomic mass is 35.5. The molecule has 1 N–H and O–H groups in total. The normalized spacial score (nSPS) is 14.0. The molecular formula is C21H17ClFN3O2. The highest BCUT2D eigenvalue weighted by Gasteiger charge is 2.23. The third kappa shape index (κ3) is 3.43. The van der Waals surface area contributed by atoms with E-state index < -0.39 is 0 Å². The van der Waals surface area contributed by atoms with Crippen LogP contribution >= 0.6 is 11.6 Å². The molecule has 1 aliphatic heterocycles. The summed E-state index contributed by atoms with van der Waals surface area (Å²) in [4.78, 5) is 30.6. The van der Waals surface area contributed by atoms with Gasteiger partial charge in [0.1, 0.15) is 5.82 Å². The Balaban J connectivity index is 1.59. The fourth-order valence-corrected chi connectivity index (χ4v) is 3.65. The van der Waals surface area contributed by atoms with E-state index in [1.165, 1.54) is 12.1 Å². The average Bonchev–Trinajstić information content (AvgIpc) is 3.07. The molecule has 142 valence electrons. The number of pyridine rings is 1. The number of aryl methyl sites for hydroxylation is 1. The van der Waals surface area contributed by atoms with Crippen molar-refractivity contribution in [1.29, 1.82) is 0 Å². The number of halogens is 2. The van der Waals surface area contributed by atoms with Crippen molar-refractivity contribution in [3.05, 3.63) is 64.6 Å². The van der Waals surface area contributed by atoms with Crippen molar-refractivity contribution < 1.29 is 14.0 Å². The van der Waals surface area contributed by atoms with E-state index in [2.05, 4.69) is 10.3 Å². The maximum Gasteiger partial charge on any atom is 0.257 e. The molecule has 7 heteroatoms. The van der Waals surface area contributed by atoms with Crippen LogP contribution in [0.5, 0.6) is 0 Å². The van der Waals surface area contributed by atoms with Crippen LogP contribution in [0.3, 0.4) is 0 Å². The van der Waals surface area contributed by atoms with E-state index in [4.69, 9.17) is 11.6 Å². The Labute approximate surface area is 166 Å². The Bertz CT molecular complexity index is 1120. The summed E-state index contributed by atoms with van der Waals surface area (Å²) in [6.07, 6.45) is 1.33. The standard InChI is InChI=1S/C21H17ClFN3O2/c1-12-16(9-13-4-5-14(23)10-18(13)24-12)21(28)25-15-6-7-19(17(22)11-15)26-8-2-3-20(26)27/h4-7,9-11H,2-3,8H2,1H3,(H,25,28). The topological polar surface area (TPSA) is 62.3 Å². The van der Waals surface area contributed by atoms with Crippen molar-refractivity contribution >= 4 is 45.7 Å². The van der Waals surface area contributed by atoms with Gasteiger partial charge >= 0.3 is 0 Å². The number of aromatic nitrogens is 1. The highest BCUT2D eigenvalue weighted by Crippen LogP contribution is 2.32. The van der Waals surface area contributed by atoms with Crippen molar-refractivity contribution in [1.82, 2.24) is 4.98 Å². The SMILES string of the molecule is Cc1nc2cc(F)ccc2cc1C(=O)Nc1ccc(N2CCCC2=O)c(Cl)c1. The predicted octanol–water partition coefficient (Wildman–Crippen LogP) is 4.71. The van der Waals surface area contributed by atoms with Crippen LogP contribution in [-0.4, -0.2) is 23.3 Å². The zero-order valence-electron chi connectivity index (χ0n) is 15.1. The molecule has 1 aliphatic rings. The Kier molecular flexibility index (Phi) is 4.73. The second-order valence-electron chi connectivity index (χ2n) is 6.73. The molecule has 0 spiro atoms. The zero-order valence-corrected chi connectivity index (χ0v) is 15.9. The van der Waals surface area contributed by atoms with Crippen LogP contribution in [-0.2, 0) is 4.79 Å². The molecule has 1 fully saturated rings. The maximum atomic E-state index is 13.4. The number of amides is 2. The van der Waals surface area contributed by atoms with Crippen LogP contribution in [0.15, 0.2) is 42.5 Å². The molecule has 5 nitrogen and oxygen atoms in total. The molecule has 28 heavy (non-hydrogen) atoms. The lowest BCUT2D eigenvalue weighted by Gasteiger charge is -2.18. The molecule has 1 saturated heterocycles. The minimum absolute atomic E-state index is 0.0491. The van der Waals surface area contributed by atoms with Gasteiger partial charge in [-0.25, -0.2) is 4.39 Å². The van der Waals surface area contributed by atoms with Crippen molar-refractivity contribution in [3.63, 3.8) is 0 Å². The Morgan fingerprint density at radius 3 is 2.75 bits per heavy atom. The van der Waals surface area contributed by atoms with Gasteiger partial charge in [0, 0.05) is 30.1 Å². The van der Waals surface area contributed by atoms with Crippen LogP contribution in [0.2, 0.25) is 5.02 Å². The van der Waals surface area contributed by atoms with E-state index in [0.717, 1.165) is 6.42 Å². The first-order chi connectivity index (χ1) is 13.4. The summed E-state index contributed by atoms with van der Waals surface area (Å²) in [5.41, 5.74) is 2.56. The molecule has 0 unspecified atom stereocenters. The van der Waals surface area contributed by atoms with Gasteiger partial charge < -0.3 is 10.2 Å². The lowest BCUT2D eigenvalue weighted by Crippen LogP contribution is -2.24. The van der Waals surface area contributed by atoms with Gasteiger partial charge in [-0.3, -0.25) is 14.6 Å². The van der Waals surface area contributed by atoms with E-state index in [1.54, 1.807) is 42.2 Å². The van der Waals surface area contributed by atoms with Crippen molar-refractivity contribution in [2.45, 2.75) is 19.8 Å². The van der Waals surface area contributed by atoms with Crippen LogP contribution in [0.1, 0.15) is 28.9 Å². The van der Waals surface area contributed by atoms with Crippen molar-refractivity contribution in [2.75, 3.05) is 16.8 Å². The first-order valence-electron chi connectivity index (χ1n) is 8.90. The van der Waals surface area contributed by atoms with Gasteiger partial charge in [-0.15, -0.1) is 0 Å². The molecule has 2 amide bonds. The van der Waals surface area contributed by atoms with E-state index in [0.29, 0.717) is 51.5 Å². The number of benzene rings is 2. The Morgan fingerprint density at radius 1 is 1.21 bits per heavy atom. The van der Waals surface area contributed by atoms with Gasteiger partial charge in [-0.1, -0.05) is 11.6 Å². The summed E-state index contributed by atoms with van der Waals surface area (Å²) in [5.74, 6) is -0.659. The number of carbonyl (C=O) groups excluding carboxylic acids is 2. The number of carbonyl (C=O) groups is 2. The van der Waals surface area contributed by atoms with Gasteiger partial charge in [-0.2, -0.15) is 0 Å². The van der Waals surface area contributed by atoms with Gasteiger partial charge in [0.2, 0.25) is 5.91 Å². The number of hydrogen-bond donors (Lipinski definition) is 1. The summed E-state index contributed by atoms with van der Waals surface area (Å²) in [6, 6.07) is 11.0. The summed E-state index contributed by atoms with van der Waals surface area (Å²) in [6.45, 7) is 2.35. The summed E-state index contributed by atoms with van der Waals surface area (Å²) in [5, 5.41) is 3.88. The lowest BCUT2D eigenvalue weighted by atomic mass is 10.1. The summed E-state index contributed by atoms with van der Waals surface area (Å²) >= 11 is 6.34. The average molecular weight is 398 g/mol. The molecular weight excluding hydrogens is 381 g/mol. The fourth-order valence-electron chi connectivity index (χ4n) is 3.37. The molecule has 0 saturated carbocycles. The zero-order chi connectivity index (χ0) is 19.8. The Morgan fingerprint density at radius 2 is 2.04 bits per heavy atom. The highest BCUT2D eigenvalue weighted by molar-refractivity contribution is 6.34. The second-order valence-corrected chi connectivity index (χ2v) is 7.13. The van der Waals surface area contributed by atoms with E-state index in [9.17, 15) is 14.0 Å². The molecule has 2 aromatic carbocycles. The maximum absolute atomic E-state index is 13.4. The molecule has 0 bridgehead atoms.